The molecule has 0 bridgehead atoms. The van der Waals surface area contributed by atoms with E-state index in [-0.39, 0.29) is 0 Å². The maximum atomic E-state index is 13.2. The predicted molar refractivity (Wildman–Crippen MR) is 73.4 cm³/mol. The quantitative estimate of drug-likeness (QED) is 0.667. The molecule has 19 heavy (non-hydrogen) atoms. The summed E-state index contributed by atoms with van der Waals surface area (Å²) in [5, 5.41) is 0. The standard InChI is InChI=1S/C12H12BrFN4O/c1-2-10-16-11(18-15)6-12(17-10)19-9-4-7(13)3-8(14)5-9/h3-6H,2,15H2,1H3,(H,16,17,18). The molecule has 0 fully saturated rings. The van der Waals surface area contributed by atoms with Crippen molar-refractivity contribution in [2.24, 2.45) is 5.84 Å². The highest BCUT2D eigenvalue weighted by molar-refractivity contribution is 9.10. The lowest BCUT2D eigenvalue weighted by Crippen LogP contribution is -2.10. The molecular formula is C12H12BrFN4O. The SMILES string of the molecule is CCc1nc(NN)cc(Oc2cc(F)cc(Br)c2)n1. The van der Waals surface area contributed by atoms with Gasteiger partial charge in [-0.25, -0.2) is 15.2 Å². The van der Waals surface area contributed by atoms with Crippen LogP contribution in [-0.2, 0) is 6.42 Å². The van der Waals surface area contributed by atoms with Crippen LogP contribution in [0.3, 0.4) is 0 Å². The predicted octanol–water partition coefficient (Wildman–Crippen LogP) is 3.02. The van der Waals surface area contributed by atoms with Gasteiger partial charge in [0, 0.05) is 23.0 Å². The molecule has 0 aliphatic rings. The maximum Gasteiger partial charge on any atom is 0.224 e. The van der Waals surface area contributed by atoms with E-state index in [1.807, 2.05) is 6.92 Å². The number of nitrogens with one attached hydrogen (secondary N) is 1. The topological polar surface area (TPSA) is 73.1 Å². The fraction of sp³-hybridized carbons (Fsp3) is 0.167. The Morgan fingerprint density at radius 2 is 2.11 bits per heavy atom. The molecular weight excluding hydrogens is 315 g/mol. The van der Waals surface area contributed by atoms with Gasteiger partial charge in [0.15, 0.2) is 0 Å². The van der Waals surface area contributed by atoms with Gasteiger partial charge in [-0.05, 0) is 12.1 Å². The maximum absolute atomic E-state index is 13.2. The molecule has 5 nitrogen and oxygen atoms in total. The first-order valence-corrected chi connectivity index (χ1v) is 6.38. The van der Waals surface area contributed by atoms with Crippen LogP contribution in [0.1, 0.15) is 12.7 Å². The van der Waals surface area contributed by atoms with Crippen molar-refractivity contribution in [3.63, 3.8) is 0 Å². The van der Waals surface area contributed by atoms with E-state index in [1.165, 1.54) is 18.2 Å². The van der Waals surface area contributed by atoms with Crippen molar-refractivity contribution < 1.29 is 9.13 Å². The van der Waals surface area contributed by atoms with Gasteiger partial charge in [0.2, 0.25) is 5.88 Å². The number of benzene rings is 1. The number of halogens is 2. The zero-order valence-electron chi connectivity index (χ0n) is 10.2. The van der Waals surface area contributed by atoms with Crippen molar-refractivity contribution in [1.29, 1.82) is 0 Å². The van der Waals surface area contributed by atoms with Crippen molar-refractivity contribution in [3.05, 3.63) is 40.4 Å². The van der Waals surface area contributed by atoms with Gasteiger partial charge < -0.3 is 10.2 Å². The van der Waals surface area contributed by atoms with Crippen LogP contribution in [0, 0.1) is 5.82 Å². The average molecular weight is 327 g/mol. The number of hydrogen-bond donors (Lipinski definition) is 2. The molecule has 1 aromatic carbocycles. The highest BCUT2D eigenvalue weighted by atomic mass is 79.9. The van der Waals surface area contributed by atoms with Crippen molar-refractivity contribution >= 4 is 21.7 Å². The summed E-state index contributed by atoms with van der Waals surface area (Å²) in [7, 11) is 0. The summed E-state index contributed by atoms with van der Waals surface area (Å²) in [6.45, 7) is 1.91. The Bertz CT molecular complexity index is 551. The first-order valence-electron chi connectivity index (χ1n) is 5.59. The molecule has 1 heterocycles. The monoisotopic (exact) mass is 326 g/mol. The van der Waals surface area contributed by atoms with E-state index in [0.29, 0.717) is 34.2 Å². The van der Waals surface area contributed by atoms with Gasteiger partial charge in [-0.3, -0.25) is 0 Å². The van der Waals surface area contributed by atoms with Crippen molar-refractivity contribution in [1.82, 2.24) is 9.97 Å². The highest BCUT2D eigenvalue weighted by Crippen LogP contribution is 2.25. The fourth-order valence-electron chi connectivity index (χ4n) is 1.47. The van der Waals surface area contributed by atoms with E-state index in [9.17, 15) is 4.39 Å². The Hall–Kier alpha value is -1.73. The molecule has 3 N–H and O–H groups in total. The van der Waals surface area contributed by atoms with E-state index in [4.69, 9.17) is 10.6 Å². The van der Waals surface area contributed by atoms with E-state index in [2.05, 4.69) is 31.3 Å². The molecule has 0 radical (unpaired) electrons. The van der Waals surface area contributed by atoms with Crippen LogP contribution < -0.4 is 16.0 Å². The Balaban J connectivity index is 2.31. The molecule has 7 heteroatoms. The number of aromatic nitrogens is 2. The van der Waals surface area contributed by atoms with E-state index < -0.39 is 5.82 Å². The van der Waals surface area contributed by atoms with Gasteiger partial charge in [-0.2, -0.15) is 4.98 Å². The number of aryl methyl sites for hydroxylation is 1. The summed E-state index contributed by atoms with van der Waals surface area (Å²) in [5.74, 6) is 6.60. The summed E-state index contributed by atoms with van der Waals surface area (Å²) in [4.78, 5) is 8.32. The third-order valence-electron chi connectivity index (χ3n) is 2.27. The van der Waals surface area contributed by atoms with E-state index >= 15 is 0 Å². The number of hydrazine groups is 1. The molecule has 1 aromatic heterocycles. The molecule has 0 saturated heterocycles. The van der Waals surface area contributed by atoms with E-state index in [1.54, 1.807) is 6.07 Å². The lowest BCUT2D eigenvalue weighted by molar-refractivity contribution is 0.454. The smallest absolute Gasteiger partial charge is 0.224 e. The number of nitrogens with zero attached hydrogens (tertiary/aromatic N) is 2. The number of nitrogens with two attached hydrogens (primary N) is 1. The second kappa shape index (κ2) is 5.94. The number of hydrogen-bond acceptors (Lipinski definition) is 5. The third-order valence-corrected chi connectivity index (χ3v) is 2.73. The van der Waals surface area contributed by atoms with Gasteiger partial charge in [-0.1, -0.05) is 22.9 Å². The first kappa shape index (κ1) is 13.7. The molecule has 0 aliphatic heterocycles. The summed E-state index contributed by atoms with van der Waals surface area (Å²) in [6, 6.07) is 5.80. The summed E-state index contributed by atoms with van der Waals surface area (Å²) >= 11 is 3.20. The van der Waals surface area contributed by atoms with Crippen LogP contribution in [0.15, 0.2) is 28.7 Å². The van der Waals surface area contributed by atoms with Gasteiger partial charge in [0.05, 0.1) is 0 Å². The van der Waals surface area contributed by atoms with Crippen LogP contribution in [0.4, 0.5) is 10.2 Å². The summed E-state index contributed by atoms with van der Waals surface area (Å²) in [5.41, 5.74) is 2.44. The molecule has 2 rings (SSSR count). The number of nitrogen functional groups attached to an aromatic ring is 1. The molecule has 0 spiro atoms. The Morgan fingerprint density at radius 1 is 1.32 bits per heavy atom. The van der Waals surface area contributed by atoms with Crippen molar-refractivity contribution in [2.75, 3.05) is 5.43 Å². The molecule has 2 aromatic rings. The highest BCUT2D eigenvalue weighted by Gasteiger charge is 2.06. The number of anilines is 1. The van der Waals surface area contributed by atoms with Gasteiger partial charge in [0.1, 0.15) is 23.2 Å². The van der Waals surface area contributed by atoms with Gasteiger partial charge in [-0.15, -0.1) is 0 Å². The molecule has 0 unspecified atom stereocenters. The molecule has 0 saturated carbocycles. The minimum absolute atomic E-state index is 0.303. The minimum Gasteiger partial charge on any atom is -0.439 e. The normalized spacial score (nSPS) is 10.3. The lowest BCUT2D eigenvalue weighted by atomic mass is 10.3. The Kier molecular flexibility index (Phi) is 4.28. The van der Waals surface area contributed by atoms with Crippen LogP contribution in [0.5, 0.6) is 11.6 Å². The molecule has 0 amide bonds. The molecule has 0 aliphatic carbocycles. The molecule has 100 valence electrons. The van der Waals surface area contributed by atoms with Crippen LogP contribution in [0.25, 0.3) is 0 Å². The second-order valence-electron chi connectivity index (χ2n) is 3.71. The third kappa shape index (κ3) is 3.62. The fourth-order valence-corrected chi connectivity index (χ4v) is 1.91. The minimum atomic E-state index is -0.397. The molecule has 0 atom stereocenters. The Labute approximate surface area is 118 Å². The zero-order chi connectivity index (χ0) is 13.8. The van der Waals surface area contributed by atoms with Crippen LogP contribution in [0.2, 0.25) is 0 Å². The van der Waals surface area contributed by atoms with Crippen molar-refractivity contribution in [2.45, 2.75) is 13.3 Å². The number of ether oxygens (including phenoxy) is 1. The first-order chi connectivity index (χ1) is 9.10. The van der Waals surface area contributed by atoms with Gasteiger partial charge in [0.25, 0.3) is 0 Å². The second-order valence-corrected chi connectivity index (χ2v) is 4.63. The van der Waals surface area contributed by atoms with Crippen LogP contribution in [-0.4, -0.2) is 9.97 Å². The van der Waals surface area contributed by atoms with Gasteiger partial charge >= 0.3 is 0 Å². The lowest BCUT2D eigenvalue weighted by Gasteiger charge is -2.08. The Morgan fingerprint density at radius 3 is 2.74 bits per heavy atom. The largest absolute Gasteiger partial charge is 0.439 e. The summed E-state index contributed by atoms with van der Waals surface area (Å²) < 4.78 is 19.3. The average Bonchev–Trinajstić information content (AvgIpc) is 2.37. The summed E-state index contributed by atoms with van der Waals surface area (Å²) in [6.07, 6.45) is 0.638. The van der Waals surface area contributed by atoms with Crippen molar-refractivity contribution in [3.8, 4) is 11.6 Å². The van der Waals surface area contributed by atoms with Crippen LogP contribution >= 0.6 is 15.9 Å². The van der Waals surface area contributed by atoms with E-state index in [0.717, 1.165) is 0 Å². The zero-order valence-corrected chi connectivity index (χ0v) is 11.7. The number of rotatable bonds is 4.